The number of rotatable bonds is 9. The van der Waals surface area contributed by atoms with Crippen molar-refractivity contribution in [1.29, 1.82) is 0 Å². The summed E-state index contributed by atoms with van der Waals surface area (Å²) in [5.74, 6) is -0.700. The molecule has 0 saturated carbocycles. The molecule has 3 rings (SSSR count). The second-order valence-corrected chi connectivity index (χ2v) is 8.40. The fraction of sp³-hybridized carbons (Fsp3) is 0.417. The smallest absolute Gasteiger partial charge is 0.167 e. The zero-order chi connectivity index (χ0) is 21.6. The summed E-state index contributed by atoms with van der Waals surface area (Å²) >= 11 is 5.60. The van der Waals surface area contributed by atoms with E-state index in [9.17, 15) is 14.3 Å². The molecule has 0 bridgehead atoms. The molecule has 1 aliphatic heterocycles. The number of ether oxygens (including phenoxy) is 2. The van der Waals surface area contributed by atoms with Gasteiger partial charge in [-0.1, -0.05) is 60.7 Å². The van der Waals surface area contributed by atoms with Crippen LogP contribution in [0.2, 0.25) is 0 Å². The van der Waals surface area contributed by atoms with Crippen LogP contribution in [0.15, 0.2) is 54.6 Å². The highest BCUT2D eigenvalue weighted by Gasteiger charge is 2.47. The number of aliphatic hydroxyl groups is 1. The molecular weight excluding hydrogens is 403 g/mol. The lowest BCUT2D eigenvalue weighted by atomic mass is 9.64. The predicted molar refractivity (Wildman–Crippen MR) is 117 cm³/mol. The molecule has 1 heterocycles. The third-order valence-corrected chi connectivity index (χ3v) is 6.14. The first kappa shape index (κ1) is 22.7. The number of Topliss-reactive ketones (excluding diaryl/α,β-unsaturated/α-hetero) is 1. The molecule has 0 aliphatic carbocycles. The maximum absolute atomic E-state index is 14.9. The summed E-state index contributed by atoms with van der Waals surface area (Å²) in [4.78, 5) is 13.2. The monoisotopic (exact) mass is 430 g/mol. The topological polar surface area (TPSA) is 55.8 Å². The average Bonchev–Trinajstić information content (AvgIpc) is 2.75. The van der Waals surface area contributed by atoms with Crippen molar-refractivity contribution in [2.45, 2.75) is 30.8 Å². The van der Waals surface area contributed by atoms with Gasteiger partial charge >= 0.3 is 0 Å². The van der Waals surface area contributed by atoms with E-state index in [1.54, 1.807) is 37.4 Å². The molecule has 30 heavy (non-hydrogen) atoms. The van der Waals surface area contributed by atoms with Crippen molar-refractivity contribution in [3.05, 3.63) is 71.5 Å². The van der Waals surface area contributed by atoms with Crippen LogP contribution in [0.1, 0.15) is 35.2 Å². The maximum Gasteiger partial charge on any atom is 0.167 e. The molecule has 2 aromatic rings. The molecule has 2 aromatic carbocycles. The van der Waals surface area contributed by atoms with Gasteiger partial charge in [-0.3, -0.25) is 4.79 Å². The summed E-state index contributed by atoms with van der Waals surface area (Å²) in [5.41, 5.74) is 0.228. The van der Waals surface area contributed by atoms with Crippen molar-refractivity contribution in [3.8, 4) is 0 Å². The molecule has 0 radical (unpaired) electrons. The summed E-state index contributed by atoms with van der Waals surface area (Å²) in [6.07, 6.45) is 0.724. The Morgan fingerprint density at radius 3 is 2.60 bits per heavy atom. The highest BCUT2D eigenvalue weighted by Crippen LogP contribution is 2.44. The minimum Gasteiger partial charge on any atom is -0.396 e. The van der Waals surface area contributed by atoms with Crippen LogP contribution in [0.5, 0.6) is 0 Å². The van der Waals surface area contributed by atoms with Crippen molar-refractivity contribution in [1.82, 2.24) is 0 Å². The predicted octanol–water partition coefficient (Wildman–Crippen LogP) is 4.14. The van der Waals surface area contributed by atoms with Crippen LogP contribution in [0.25, 0.3) is 0 Å². The Morgan fingerprint density at radius 2 is 1.93 bits per heavy atom. The summed E-state index contributed by atoms with van der Waals surface area (Å²) in [7, 11) is 1.60. The largest absolute Gasteiger partial charge is 0.396 e. The third kappa shape index (κ3) is 5.01. The van der Waals surface area contributed by atoms with E-state index < -0.39 is 5.41 Å². The van der Waals surface area contributed by atoms with Crippen LogP contribution >= 0.6 is 12.2 Å². The summed E-state index contributed by atoms with van der Waals surface area (Å²) in [5, 5.41) is 10.2. The molecule has 1 aliphatic rings. The van der Waals surface area contributed by atoms with Crippen molar-refractivity contribution in [3.63, 3.8) is 0 Å². The van der Waals surface area contributed by atoms with E-state index in [2.05, 4.69) is 0 Å². The second-order valence-electron chi connectivity index (χ2n) is 7.82. The van der Waals surface area contributed by atoms with Crippen LogP contribution in [-0.2, 0) is 14.9 Å². The Hall–Kier alpha value is -1.99. The summed E-state index contributed by atoms with van der Waals surface area (Å²) < 4.78 is 26.1. The SMILES string of the molecule is COC[C@H]1C[C@@H](CO)[C@](CC(=S)CC(=O)c2ccccc2)(c2ccccc2F)CO1. The molecule has 1 fully saturated rings. The normalized spacial score (nSPS) is 23.8. The zero-order valence-electron chi connectivity index (χ0n) is 17.1. The Kier molecular flexibility index (Phi) is 7.83. The van der Waals surface area contributed by atoms with E-state index in [1.165, 1.54) is 6.07 Å². The van der Waals surface area contributed by atoms with Gasteiger partial charge < -0.3 is 14.6 Å². The number of aliphatic hydroxyl groups excluding tert-OH is 1. The number of carbonyl (C=O) groups excluding carboxylic acids is 1. The average molecular weight is 431 g/mol. The number of ketones is 1. The third-order valence-electron chi connectivity index (χ3n) is 5.85. The molecule has 1 saturated heterocycles. The van der Waals surface area contributed by atoms with Gasteiger partial charge in [-0.2, -0.15) is 0 Å². The highest BCUT2D eigenvalue weighted by atomic mass is 32.1. The van der Waals surface area contributed by atoms with Gasteiger partial charge in [0, 0.05) is 36.0 Å². The van der Waals surface area contributed by atoms with Gasteiger partial charge in [-0.25, -0.2) is 4.39 Å². The molecule has 0 spiro atoms. The van der Waals surface area contributed by atoms with Crippen LogP contribution in [-0.4, -0.2) is 48.8 Å². The number of carbonyl (C=O) groups is 1. The van der Waals surface area contributed by atoms with E-state index >= 15 is 0 Å². The molecular formula is C24H27FO4S. The van der Waals surface area contributed by atoms with Gasteiger partial charge in [0.1, 0.15) is 5.82 Å². The van der Waals surface area contributed by atoms with E-state index in [0.717, 1.165) is 0 Å². The molecule has 0 amide bonds. The number of hydrogen-bond acceptors (Lipinski definition) is 5. The van der Waals surface area contributed by atoms with E-state index in [0.29, 0.717) is 29.0 Å². The highest BCUT2D eigenvalue weighted by molar-refractivity contribution is 7.80. The summed E-state index contributed by atoms with van der Waals surface area (Å²) in [6.45, 7) is 0.473. The molecule has 6 heteroatoms. The van der Waals surface area contributed by atoms with Gasteiger partial charge in [0.2, 0.25) is 0 Å². The first-order valence-electron chi connectivity index (χ1n) is 10.1. The van der Waals surface area contributed by atoms with Crippen LogP contribution < -0.4 is 0 Å². The maximum atomic E-state index is 14.9. The Morgan fingerprint density at radius 1 is 1.23 bits per heavy atom. The first-order valence-corrected chi connectivity index (χ1v) is 10.5. The van der Waals surface area contributed by atoms with Gasteiger partial charge in [0.05, 0.1) is 19.3 Å². The Bertz CT molecular complexity index is 873. The molecule has 0 aromatic heterocycles. The number of methoxy groups -OCH3 is 1. The molecule has 1 N–H and O–H groups in total. The lowest BCUT2D eigenvalue weighted by Gasteiger charge is -2.46. The molecule has 3 atom stereocenters. The van der Waals surface area contributed by atoms with E-state index in [1.807, 2.05) is 18.2 Å². The van der Waals surface area contributed by atoms with Crippen molar-refractivity contribution in [2.24, 2.45) is 5.92 Å². The second kappa shape index (κ2) is 10.4. The Labute approximate surface area is 182 Å². The van der Waals surface area contributed by atoms with Crippen LogP contribution in [0.4, 0.5) is 4.39 Å². The standard InChI is InChI=1S/C24H27FO4S/c1-28-15-19-11-18(14-26)24(16-29-19,21-9-5-6-10-22(21)25)13-20(30)12-23(27)17-7-3-2-4-8-17/h2-10,18-19,26H,11-16H2,1H3/t18-,19+,24+/m0/s1. The zero-order valence-corrected chi connectivity index (χ0v) is 17.9. The Balaban J connectivity index is 1.88. The minimum atomic E-state index is -0.835. The van der Waals surface area contributed by atoms with E-state index in [-0.39, 0.29) is 49.7 Å². The first-order chi connectivity index (χ1) is 14.5. The van der Waals surface area contributed by atoms with Crippen LogP contribution in [0.3, 0.4) is 0 Å². The molecule has 160 valence electrons. The number of hydrogen-bond donors (Lipinski definition) is 1. The molecule has 0 unspecified atom stereocenters. The number of thiocarbonyl (C=S) groups is 1. The quantitative estimate of drug-likeness (QED) is 0.479. The fourth-order valence-corrected chi connectivity index (χ4v) is 4.71. The minimum absolute atomic E-state index is 0.0705. The van der Waals surface area contributed by atoms with Gasteiger partial charge in [0.15, 0.2) is 5.78 Å². The lowest BCUT2D eigenvalue weighted by Crippen LogP contribution is -2.51. The van der Waals surface area contributed by atoms with Crippen molar-refractivity contribution in [2.75, 3.05) is 26.9 Å². The molecule has 4 nitrogen and oxygen atoms in total. The number of benzene rings is 2. The van der Waals surface area contributed by atoms with Crippen LogP contribution in [0, 0.1) is 11.7 Å². The van der Waals surface area contributed by atoms with Crippen molar-refractivity contribution < 1.29 is 23.8 Å². The van der Waals surface area contributed by atoms with E-state index in [4.69, 9.17) is 21.7 Å². The fourth-order valence-electron chi connectivity index (χ4n) is 4.32. The number of halogens is 1. The lowest BCUT2D eigenvalue weighted by molar-refractivity contribution is -0.0980. The summed E-state index contributed by atoms with van der Waals surface area (Å²) in [6, 6.07) is 15.5. The van der Waals surface area contributed by atoms with Gasteiger partial charge in [0.25, 0.3) is 0 Å². The van der Waals surface area contributed by atoms with Gasteiger partial charge in [-0.05, 0) is 30.4 Å². The van der Waals surface area contributed by atoms with Gasteiger partial charge in [-0.15, -0.1) is 0 Å². The van der Waals surface area contributed by atoms with Crippen molar-refractivity contribution >= 4 is 22.9 Å².